The van der Waals surface area contributed by atoms with Crippen LogP contribution in [0.2, 0.25) is 0 Å². The maximum atomic E-state index is 5.62. The molecular formula is C29H38O. The molecule has 0 heterocycles. The molecule has 1 fully saturated rings. The average Bonchev–Trinajstić information content (AvgIpc) is 2.81. The fourth-order valence-corrected chi connectivity index (χ4v) is 4.45. The summed E-state index contributed by atoms with van der Waals surface area (Å²) in [6, 6.07) is 18.4. The van der Waals surface area contributed by atoms with Crippen LogP contribution in [0.5, 0.6) is 0 Å². The van der Waals surface area contributed by atoms with E-state index in [2.05, 4.69) is 67.6 Å². The van der Waals surface area contributed by atoms with Gasteiger partial charge in [0.25, 0.3) is 0 Å². The van der Waals surface area contributed by atoms with Crippen molar-refractivity contribution in [3.8, 4) is 0 Å². The van der Waals surface area contributed by atoms with Crippen LogP contribution in [0, 0.1) is 5.92 Å². The zero-order valence-corrected chi connectivity index (χ0v) is 18.9. The highest BCUT2D eigenvalue weighted by atomic mass is 16.5. The van der Waals surface area contributed by atoms with Gasteiger partial charge in [-0.3, -0.25) is 0 Å². The number of hydrogen-bond acceptors (Lipinski definition) is 1. The molecule has 0 spiro atoms. The Morgan fingerprint density at radius 2 is 1.30 bits per heavy atom. The van der Waals surface area contributed by atoms with E-state index >= 15 is 0 Å². The lowest BCUT2D eigenvalue weighted by Gasteiger charge is -2.28. The van der Waals surface area contributed by atoms with Crippen LogP contribution in [0.3, 0.4) is 0 Å². The zero-order valence-electron chi connectivity index (χ0n) is 18.9. The molecule has 1 saturated carbocycles. The van der Waals surface area contributed by atoms with Gasteiger partial charge in [0.05, 0.1) is 13.2 Å². The molecule has 0 radical (unpaired) electrons. The minimum atomic E-state index is 0.684. The fourth-order valence-electron chi connectivity index (χ4n) is 4.45. The summed E-state index contributed by atoms with van der Waals surface area (Å²) in [5.41, 5.74) is 5.63. The van der Waals surface area contributed by atoms with Crippen LogP contribution in [0.1, 0.15) is 74.1 Å². The molecule has 1 aliphatic carbocycles. The second-order valence-corrected chi connectivity index (χ2v) is 8.66. The largest absolute Gasteiger partial charge is 0.373 e. The molecular weight excluding hydrogens is 364 g/mol. The van der Waals surface area contributed by atoms with Gasteiger partial charge in [-0.2, -0.15) is 0 Å². The lowest BCUT2D eigenvalue weighted by molar-refractivity contribution is 0.148. The Morgan fingerprint density at radius 3 is 1.90 bits per heavy atom. The monoisotopic (exact) mass is 402 g/mol. The smallest absolute Gasteiger partial charge is 0.0721 e. The molecule has 0 aromatic heterocycles. The van der Waals surface area contributed by atoms with Crippen LogP contribution in [0.25, 0.3) is 0 Å². The molecule has 2 aromatic carbocycles. The summed E-state index contributed by atoms with van der Waals surface area (Å²) in [7, 11) is 0. The molecule has 160 valence electrons. The molecule has 0 saturated heterocycles. The van der Waals surface area contributed by atoms with Gasteiger partial charge in [0.15, 0.2) is 0 Å². The minimum absolute atomic E-state index is 0.684. The van der Waals surface area contributed by atoms with E-state index in [1.54, 1.807) is 5.56 Å². The SMILES string of the molecule is CC=CCOCc1ccc(CCc2ccc(C3CCC(C/C=C/C)CC3)cc2)cc1. The Hall–Kier alpha value is -2.12. The first kappa shape index (κ1) is 22.6. The van der Waals surface area contributed by atoms with E-state index in [9.17, 15) is 0 Å². The van der Waals surface area contributed by atoms with Crippen LogP contribution >= 0.6 is 0 Å². The second-order valence-electron chi connectivity index (χ2n) is 8.66. The molecule has 3 rings (SSSR count). The van der Waals surface area contributed by atoms with E-state index in [-0.39, 0.29) is 0 Å². The molecule has 1 heteroatoms. The summed E-state index contributed by atoms with van der Waals surface area (Å²) >= 11 is 0. The highest BCUT2D eigenvalue weighted by Crippen LogP contribution is 2.37. The highest BCUT2D eigenvalue weighted by molar-refractivity contribution is 5.28. The maximum Gasteiger partial charge on any atom is 0.0721 e. The molecule has 0 aliphatic heterocycles. The second kappa shape index (κ2) is 12.5. The molecule has 1 aliphatic rings. The number of benzene rings is 2. The Balaban J connectivity index is 1.42. The van der Waals surface area contributed by atoms with Crippen LogP contribution in [-0.4, -0.2) is 6.61 Å². The van der Waals surface area contributed by atoms with Crippen molar-refractivity contribution in [3.05, 3.63) is 95.1 Å². The van der Waals surface area contributed by atoms with Gasteiger partial charge in [0.2, 0.25) is 0 Å². The van der Waals surface area contributed by atoms with Crippen LogP contribution in [-0.2, 0) is 24.2 Å². The topological polar surface area (TPSA) is 9.23 Å². The molecule has 0 amide bonds. The molecule has 1 nitrogen and oxygen atoms in total. The van der Waals surface area contributed by atoms with Gasteiger partial charge in [0, 0.05) is 0 Å². The van der Waals surface area contributed by atoms with Gasteiger partial charge in [-0.1, -0.05) is 72.8 Å². The molecule has 0 N–H and O–H groups in total. The predicted octanol–water partition coefficient (Wildman–Crippen LogP) is 7.80. The van der Waals surface area contributed by atoms with Gasteiger partial charge in [-0.25, -0.2) is 0 Å². The van der Waals surface area contributed by atoms with E-state index in [1.165, 1.54) is 48.8 Å². The number of aryl methyl sites for hydroxylation is 2. The third-order valence-corrected chi connectivity index (χ3v) is 6.45. The first-order chi connectivity index (χ1) is 14.8. The third-order valence-electron chi connectivity index (χ3n) is 6.45. The number of allylic oxidation sites excluding steroid dienone is 3. The van der Waals surface area contributed by atoms with Crippen molar-refractivity contribution in [3.63, 3.8) is 0 Å². The van der Waals surface area contributed by atoms with Gasteiger partial charge in [0.1, 0.15) is 0 Å². The van der Waals surface area contributed by atoms with Gasteiger partial charge in [-0.05, 0) is 92.9 Å². The van der Waals surface area contributed by atoms with E-state index in [0.29, 0.717) is 13.2 Å². The Bertz CT molecular complexity index is 774. The molecule has 0 unspecified atom stereocenters. The van der Waals surface area contributed by atoms with E-state index in [0.717, 1.165) is 24.7 Å². The fraction of sp³-hybridized carbons (Fsp3) is 0.448. The lowest BCUT2D eigenvalue weighted by atomic mass is 9.77. The van der Waals surface area contributed by atoms with E-state index in [1.807, 2.05) is 19.1 Å². The first-order valence-electron chi connectivity index (χ1n) is 11.7. The quantitative estimate of drug-likeness (QED) is 0.291. The number of hydrogen-bond donors (Lipinski definition) is 0. The van der Waals surface area contributed by atoms with Crippen molar-refractivity contribution >= 4 is 0 Å². The molecule has 0 bridgehead atoms. The summed E-state index contributed by atoms with van der Waals surface area (Å²) in [5, 5.41) is 0. The molecule has 2 aromatic rings. The van der Waals surface area contributed by atoms with Crippen LogP contribution in [0.15, 0.2) is 72.8 Å². The van der Waals surface area contributed by atoms with Crippen LogP contribution in [0.4, 0.5) is 0 Å². The average molecular weight is 403 g/mol. The standard InChI is InChI=1S/C29H38O/c1-3-5-7-24-14-18-28(19-15-24)29-20-16-26(17-21-29)9-8-25-10-12-27(13-11-25)23-30-22-6-4-2/h3-6,10-13,16-17,20-21,24,28H,7-9,14-15,18-19,22-23H2,1-2H3/b5-3+,6-4?. The zero-order chi connectivity index (χ0) is 21.0. The Kier molecular flexibility index (Phi) is 9.44. The van der Waals surface area contributed by atoms with Crippen molar-refractivity contribution in [2.24, 2.45) is 5.92 Å². The molecule has 30 heavy (non-hydrogen) atoms. The normalized spacial score (nSPS) is 19.7. The van der Waals surface area contributed by atoms with E-state index < -0.39 is 0 Å². The van der Waals surface area contributed by atoms with Crippen molar-refractivity contribution in [1.82, 2.24) is 0 Å². The third kappa shape index (κ3) is 7.29. The van der Waals surface area contributed by atoms with Crippen molar-refractivity contribution in [1.29, 1.82) is 0 Å². The van der Waals surface area contributed by atoms with Crippen molar-refractivity contribution in [2.45, 2.75) is 71.3 Å². The lowest BCUT2D eigenvalue weighted by Crippen LogP contribution is -2.12. The maximum absolute atomic E-state index is 5.62. The molecule has 0 atom stereocenters. The summed E-state index contributed by atoms with van der Waals surface area (Å²) in [6.45, 7) is 5.52. The number of ether oxygens (including phenoxy) is 1. The van der Waals surface area contributed by atoms with Crippen LogP contribution < -0.4 is 0 Å². The summed E-state index contributed by atoms with van der Waals surface area (Å²) in [6.07, 6.45) is 17.5. The summed E-state index contributed by atoms with van der Waals surface area (Å²) < 4.78 is 5.62. The predicted molar refractivity (Wildman–Crippen MR) is 129 cm³/mol. The first-order valence-corrected chi connectivity index (χ1v) is 11.7. The van der Waals surface area contributed by atoms with Crippen molar-refractivity contribution < 1.29 is 4.74 Å². The highest BCUT2D eigenvalue weighted by Gasteiger charge is 2.21. The van der Waals surface area contributed by atoms with Gasteiger partial charge >= 0.3 is 0 Å². The van der Waals surface area contributed by atoms with Gasteiger partial charge < -0.3 is 4.74 Å². The summed E-state index contributed by atoms with van der Waals surface area (Å²) in [5.74, 6) is 1.67. The Morgan fingerprint density at radius 1 is 0.733 bits per heavy atom. The summed E-state index contributed by atoms with van der Waals surface area (Å²) in [4.78, 5) is 0. The van der Waals surface area contributed by atoms with E-state index in [4.69, 9.17) is 4.74 Å². The van der Waals surface area contributed by atoms with Gasteiger partial charge in [-0.15, -0.1) is 0 Å². The number of rotatable bonds is 10. The van der Waals surface area contributed by atoms with Crippen molar-refractivity contribution in [2.75, 3.05) is 6.61 Å². The minimum Gasteiger partial charge on any atom is -0.373 e. The Labute approximate surface area is 183 Å².